The maximum absolute atomic E-state index is 10.7. The monoisotopic (exact) mass is 284 g/mol. The van der Waals surface area contributed by atoms with Crippen LogP contribution in [0.5, 0.6) is 0 Å². The molecule has 0 bridgehead atoms. The molecule has 5 heteroatoms. The molecule has 2 aliphatic rings. The van der Waals surface area contributed by atoms with E-state index in [0.29, 0.717) is 18.4 Å². The van der Waals surface area contributed by atoms with Crippen LogP contribution in [-0.2, 0) is 9.53 Å². The van der Waals surface area contributed by atoms with Crippen LogP contribution in [0.25, 0.3) is 0 Å². The molecule has 0 radical (unpaired) electrons. The number of carboxylic acids is 1. The standard InChI is InChI=1S/C15H28N2O3/c1-2-16-8-9-20-14(11-16)12-17-7-3-4-13(10-17)5-6-15(18)19/h13-14H,2-12H2,1H3,(H,18,19). The quantitative estimate of drug-likeness (QED) is 0.796. The first kappa shape index (κ1) is 15.7. The zero-order valence-corrected chi connectivity index (χ0v) is 12.6. The van der Waals surface area contributed by atoms with Gasteiger partial charge in [-0.25, -0.2) is 0 Å². The van der Waals surface area contributed by atoms with Gasteiger partial charge in [-0.1, -0.05) is 6.92 Å². The molecule has 116 valence electrons. The molecule has 2 aliphatic heterocycles. The Labute approximate surface area is 121 Å². The zero-order valence-electron chi connectivity index (χ0n) is 12.6. The minimum absolute atomic E-state index is 0.308. The van der Waals surface area contributed by atoms with Crippen molar-refractivity contribution in [1.82, 2.24) is 9.80 Å². The highest BCUT2D eigenvalue weighted by Gasteiger charge is 2.25. The Morgan fingerprint density at radius 1 is 1.30 bits per heavy atom. The Kier molecular flexibility index (Phi) is 6.26. The highest BCUT2D eigenvalue weighted by molar-refractivity contribution is 5.66. The summed E-state index contributed by atoms with van der Waals surface area (Å²) in [6.45, 7) is 9.40. The first-order chi connectivity index (χ1) is 9.67. The van der Waals surface area contributed by atoms with Crippen LogP contribution in [0.2, 0.25) is 0 Å². The van der Waals surface area contributed by atoms with Crippen molar-refractivity contribution < 1.29 is 14.6 Å². The first-order valence-corrected chi connectivity index (χ1v) is 7.95. The Morgan fingerprint density at radius 3 is 2.90 bits per heavy atom. The third-order valence-electron chi connectivity index (χ3n) is 4.50. The molecule has 2 rings (SSSR count). The number of hydrogen-bond acceptors (Lipinski definition) is 4. The zero-order chi connectivity index (χ0) is 14.4. The van der Waals surface area contributed by atoms with Crippen molar-refractivity contribution in [3.63, 3.8) is 0 Å². The second kappa shape index (κ2) is 7.96. The molecule has 2 fully saturated rings. The Balaban J connectivity index is 1.73. The van der Waals surface area contributed by atoms with Crippen molar-refractivity contribution >= 4 is 5.97 Å². The number of likely N-dealkylation sites (N-methyl/N-ethyl adjacent to an activating group) is 1. The summed E-state index contributed by atoms with van der Waals surface area (Å²) in [6.07, 6.45) is 3.81. The molecule has 0 spiro atoms. The van der Waals surface area contributed by atoms with E-state index < -0.39 is 5.97 Å². The van der Waals surface area contributed by atoms with E-state index in [1.165, 1.54) is 12.8 Å². The Bertz CT molecular complexity index is 311. The van der Waals surface area contributed by atoms with Gasteiger partial charge in [0, 0.05) is 32.6 Å². The van der Waals surface area contributed by atoms with Crippen molar-refractivity contribution in [3.05, 3.63) is 0 Å². The summed E-state index contributed by atoms with van der Waals surface area (Å²) in [5.74, 6) is -0.123. The topological polar surface area (TPSA) is 53.0 Å². The molecule has 2 unspecified atom stereocenters. The highest BCUT2D eigenvalue weighted by atomic mass is 16.5. The van der Waals surface area contributed by atoms with Crippen LogP contribution in [-0.4, -0.2) is 72.9 Å². The van der Waals surface area contributed by atoms with Gasteiger partial charge in [-0.05, 0) is 38.3 Å². The smallest absolute Gasteiger partial charge is 0.303 e. The van der Waals surface area contributed by atoms with Crippen molar-refractivity contribution in [1.29, 1.82) is 0 Å². The molecule has 0 aliphatic carbocycles. The lowest BCUT2D eigenvalue weighted by Gasteiger charge is -2.38. The third-order valence-corrected chi connectivity index (χ3v) is 4.50. The fraction of sp³-hybridized carbons (Fsp3) is 0.933. The van der Waals surface area contributed by atoms with Gasteiger partial charge in [-0.2, -0.15) is 0 Å². The number of ether oxygens (including phenoxy) is 1. The fourth-order valence-electron chi connectivity index (χ4n) is 3.35. The fourth-order valence-corrected chi connectivity index (χ4v) is 3.35. The van der Waals surface area contributed by atoms with E-state index in [-0.39, 0.29) is 0 Å². The number of nitrogens with zero attached hydrogens (tertiary/aromatic N) is 2. The molecular weight excluding hydrogens is 256 g/mol. The highest BCUT2D eigenvalue weighted by Crippen LogP contribution is 2.21. The van der Waals surface area contributed by atoms with E-state index in [0.717, 1.165) is 52.3 Å². The lowest BCUT2D eigenvalue weighted by molar-refractivity contribution is -0.137. The van der Waals surface area contributed by atoms with E-state index in [1.807, 2.05) is 0 Å². The van der Waals surface area contributed by atoms with Gasteiger partial charge in [0.15, 0.2) is 0 Å². The maximum atomic E-state index is 10.7. The van der Waals surface area contributed by atoms with Crippen molar-refractivity contribution in [3.8, 4) is 0 Å². The molecule has 2 saturated heterocycles. The molecule has 20 heavy (non-hydrogen) atoms. The van der Waals surface area contributed by atoms with Crippen molar-refractivity contribution in [2.45, 2.75) is 38.7 Å². The third kappa shape index (κ3) is 5.04. The van der Waals surface area contributed by atoms with Gasteiger partial charge in [0.2, 0.25) is 0 Å². The molecule has 2 atom stereocenters. The lowest BCUT2D eigenvalue weighted by atomic mass is 9.93. The lowest BCUT2D eigenvalue weighted by Crippen LogP contribution is -2.49. The minimum atomic E-state index is -0.670. The predicted molar refractivity (Wildman–Crippen MR) is 77.9 cm³/mol. The van der Waals surface area contributed by atoms with Crippen LogP contribution in [0, 0.1) is 5.92 Å². The summed E-state index contributed by atoms with van der Waals surface area (Å²) in [5.41, 5.74) is 0. The number of carbonyl (C=O) groups is 1. The van der Waals surface area contributed by atoms with Gasteiger partial charge in [-0.3, -0.25) is 9.69 Å². The van der Waals surface area contributed by atoms with E-state index in [9.17, 15) is 4.79 Å². The molecule has 1 N–H and O–H groups in total. The maximum Gasteiger partial charge on any atom is 0.303 e. The summed E-state index contributed by atoms with van der Waals surface area (Å²) >= 11 is 0. The number of morpholine rings is 1. The van der Waals surface area contributed by atoms with E-state index in [2.05, 4.69) is 16.7 Å². The molecule has 0 aromatic heterocycles. The van der Waals surface area contributed by atoms with Crippen LogP contribution in [0.1, 0.15) is 32.6 Å². The van der Waals surface area contributed by atoms with Gasteiger partial charge >= 0.3 is 5.97 Å². The number of carboxylic acid groups (broad SMARTS) is 1. The average Bonchev–Trinajstić information content (AvgIpc) is 2.46. The Morgan fingerprint density at radius 2 is 2.15 bits per heavy atom. The number of piperidine rings is 1. The number of rotatable bonds is 6. The molecule has 2 heterocycles. The SMILES string of the molecule is CCN1CCOC(CN2CCCC(CCC(=O)O)C2)C1. The number of likely N-dealkylation sites (tertiary alicyclic amines) is 1. The largest absolute Gasteiger partial charge is 0.481 e. The van der Waals surface area contributed by atoms with Crippen LogP contribution >= 0.6 is 0 Å². The summed E-state index contributed by atoms with van der Waals surface area (Å²) in [6, 6.07) is 0. The summed E-state index contributed by atoms with van der Waals surface area (Å²) < 4.78 is 5.87. The van der Waals surface area contributed by atoms with Gasteiger partial charge in [0.25, 0.3) is 0 Å². The van der Waals surface area contributed by atoms with Gasteiger partial charge < -0.3 is 14.7 Å². The van der Waals surface area contributed by atoms with Crippen LogP contribution in [0.4, 0.5) is 0 Å². The number of aliphatic carboxylic acids is 1. The van der Waals surface area contributed by atoms with E-state index >= 15 is 0 Å². The van der Waals surface area contributed by atoms with Gasteiger partial charge in [0.05, 0.1) is 12.7 Å². The van der Waals surface area contributed by atoms with Gasteiger partial charge in [0.1, 0.15) is 0 Å². The summed E-state index contributed by atoms with van der Waals surface area (Å²) in [5, 5.41) is 8.79. The normalized spacial score (nSPS) is 29.4. The second-order valence-electron chi connectivity index (χ2n) is 6.09. The van der Waals surface area contributed by atoms with Crippen LogP contribution in [0.3, 0.4) is 0 Å². The van der Waals surface area contributed by atoms with Crippen molar-refractivity contribution in [2.75, 3.05) is 45.9 Å². The van der Waals surface area contributed by atoms with E-state index in [1.54, 1.807) is 0 Å². The minimum Gasteiger partial charge on any atom is -0.481 e. The number of hydrogen-bond donors (Lipinski definition) is 1. The van der Waals surface area contributed by atoms with Crippen molar-refractivity contribution in [2.24, 2.45) is 5.92 Å². The molecule has 0 amide bonds. The molecule has 5 nitrogen and oxygen atoms in total. The molecule has 0 saturated carbocycles. The summed E-state index contributed by atoms with van der Waals surface area (Å²) in [4.78, 5) is 15.6. The Hall–Kier alpha value is -0.650. The van der Waals surface area contributed by atoms with Crippen LogP contribution in [0.15, 0.2) is 0 Å². The van der Waals surface area contributed by atoms with Gasteiger partial charge in [-0.15, -0.1) is 0 Å². The second-order valence-corrected chi connectivity index (χ2v) is 6.09. The molecular formula is C15H28N2O3. The van der Waals surface area contributed by atoms with Crippen LogP contribution < -0.4 is 0 Å². The molecule has 0 aromatic rings. The average molecular weight is 284 g/mol. The first-order valence-electron chi connectivity index (χ1n) is 7.95. The summed E-state index contributed by atoms with van der Waals surface area (Å²) in [7, 11) is 0. The predicted octanol–water partition coefficient (Wildman–Crippen LogP) is 1.28. The molecule has 0 aromatic carbocycles. The van der Waals surface area contributed by atoms with E-state index in [4.69, 9.17) is 9.84 Å².